The quantitative estimate of drug-likeness (QED) is 0.346. The van der Waals surface area contributed by atoms with Gasteiger partial charge < -0.3 is 19.7 Å². The van der Waals surface area contributed by atoms with Gasteiger partial charge in [0.15, 0.2) is 11.6 Å². The van der Waals surface area contributed by atoms with E-state index in [1.165, 1.54) is 30.6 Å². The summed E-state index contributed by atoms with van der Waals surface area (Å²) in [5, 5.41) is 26.0. The summed E-state index contributed by atoms with van der Waals surface area (Å²) in [5.41, 5.74) is 1.33. The minimum absolute atomic E-state index is 0.0409. The molecular formula is C25H27ClN6O4S. The lowest BCUT2D eigenvalue weighted by Crippen LogP contribution is -2.29. The van der Waals surface area contributed by atoms with Gasteiger partial charge in [-0.25, -0.2) is 9.97 Å². The number of hydrogen-bond donors (Lipinski definition) is 2. The van der Waals surface area contributed by atoms with Crippen LogP contribution in [0.3, 0.4) is 0 Å². The average molecular weight is 543 g/mol. The van der Waals surface area contributed by atoms with Crippen LogP contribution in [0.4, 0.5) is 5.95 Å². The molecule has 0 spiro atoms. The van der Waals surface area contributed by atoms with E-state index in [9.17, 15) is 15.2 Å². The standard InChI is InChI=1S/C25H27ClN6O4S/c26-20-11-16(12-29-25-31-21(36-32-25)9-14-3-1-4-14)22(37-20)23-28-13-19(18(30-23)7-8-27)35-17-6-2-5-15(10-17)24(33)34/h11,13-15,17H,1-7,9-10,12H2,(H,29,32)(H,33,34)/t15-,17-/m0/s1. The summed E-state index contributed by atoms with van der Waals surface area (Å²) < 4.78 is 12.0. The fraction of sp³-hybridized carbons (Fsp3) is 0.520. The molecule has 3 aromatic rings. The Hall–Kier alpha value is -3.23. The van der Waals surface area contributed by atoms with E-state index in [0.29, 0.717) is 58.7 Å². The molecule has 37 heavy (non-hydrogen) atoms. The Bertz CT molecular complexity index is 1300. The molecule has 2 aliphatic carbocycles. The van der Waals surface area contributed by atoms with Gasteiger partial charge in [-0.15, -0.1) is 11.3 Å². The molecule has 0 radical (unpaired) electrons. The van der Waals surface area contributed by atoms with Crippen molar-refractivity contribution < 1.29 is 19.2 Å². The van der Waals surface area contributed by atoms with Crippen LogP contribution in [-0.2, 0) is 24.2 Å². The number of carboxylic acid groups (broad SMARTS) is 1. The highest BCUT2D eigenvalue weighted by Crippen LogP contribution is 2.36. The van der Waals surface area contributed by atoms with Crippen molar-refractivity contribution in [1.29, 1.82) is 5.26 Å². The predicted molar refractivity (Wildman–Crippen MR) is 136 cm³/mol. The van der Waals surface area contributed by atoms with E-state index in [0.717, 1.165) is 29.7 Å². The van der Waals surface area contributed by atoms with Crippen molar-refractivity contribution in [1.82, 2.24) is 20.1 Å². The Morgan fingerprint density at radius 2 is 2.14 bits per heavy atom. The number of nitrogens with zero attached hydrogens (tertiary/aromatic N) is 5. The largest absolute Gasteiger partial charge is 0.487 e. The van der Waals surface area contributed by atoms with Gasteiger partial charge in [-0.3, -0.25) is 4.79 Å². The molecular weight excluding hydrogens is 516 g/mol. The second-order valence-electron chi connectivity index (χ2n) is 9.55. The molecule has 0 unspecified atom stereocenters. The van der Waals surface area contributed by atoms with Crippen molar-refractivity contribution in [3.05, 3.63) is 33.7 Å². The van der Waals surface area contributed by atoms with Gasteiger partial charge in [0.25, 0.3) is 5.95 Å². The van der Waals surface area contributed by atoms with Crippen LogP contribution in [0.1, 0.15) is 62.1 Å². The zero-order chi connectivity index (χ0) is 25.8. The highest BCUT2D eigenvalue weighted by Gasteiger charge is 2.29. The van der Waals surface area contributed by atoms with E-state index in [1.807, 2.05) is 6.07 Å². The molecule has 5 rings (SSSR count). The first-order chi connectivity index (χ1) is 18.0. The highest BCUT2D eigenvalue weighted by molar-refractivity contribution is 7.19. The molecule has 0 amide bonds. The van der Waals surface area contributed by atoms with Crippen LogP contribution in [0.25, 0.3) is 10.7 Å². The summed E-state index contributed by atoms with van der Waals surface area (Å²) in [4.78, 5) is 25.8. The molecule has 0 aliphatic heterocycles. The summed E-state index contributed by atoms with van der Waals surface area (Å²) in [5.74, 6) is 1.33. The van der Waals surface area contributed by atoms with Gasteiger partial charge >= 0.3 is 5.97 Å². The summed E-state index contributed by atoms with van der Waals surface area (Å²) in [6.07, 6.45) is 8.47. The highest BCUT2D eigenvalue weighted by atomic mass is 35.5. The number of halogens is 1. The fourth-order valence-corrected chi connectivity index (χ4v) is 5.93. The first-order valence-electron chi connectivity index (χ1n) is 12.5. The maximum absolute atomic E-state index is 11.4. The number of thiophene rings is 1. The molecule has 0 saturated heterocycles. The Morgan fingerprint density at radius 1 is 1.30 bits per heavy atom. The third-order valence-electron chi connectivity index (χ3n) is 6.92. The molecule has 0 aromatic carbocycles. The van der Waals surface area contributed by atoms with Gasteiger partial charge in [-0.05, 0) is 61.2 Å². The van der Waals surface area contributed by atoms with Crippen molar-refractivity contribution >= 4 is 34.9 Å². The van der Waals surface area contributed by atoms with E-state index >= 15 is 0 Å². The number of carboxylic acids is 1. The molecule has 12 heteroatoms. The molecule has 3 aromatic heterocycles. The Kier molecular flexibility index (Phi) is 7.86. The van der Waals surface area contributed by atoms with E-state index in [2.05, 4.69) is 31.5 Å². The number of nitriles is 1. The summed E-state index contributed by atoms with van der Waals surface area (Å²) >= 11 is 7.69. The van der Waals surface area contributed by atoms with Crippen LogP contribution in [0.2, 0.25) is 4.34 Å². The molecule has 2 saturated carbocycles. The Morgan fingerprint density at radius 3 is 2.89 bits per heavy atom. The maximum Gasteiger partial charge on any atom is 0.306 e. The first kappa shape index (κ1) is 25.4. The summed E-state index contributed by atoms with van der Waals surface area (Å²) in [7, 11) is 0. The zero-order valence-corrected chi connectivity index (χ0v) is 21.7. The topological polar surface area (TPSA) is 147 Å². The van der Waals surface area contributed by atoms with Gasteiger partial charge in [-0.2, -0.15) is 10.2 Å². The molecule has 3 heterocycles. The van der Waals surface area contributed by atoms with E-state index < -0.39 is 11.9 Å². The van der Waals surface area contributed by atoms with Crippen molar-refractivity contribution in [2.24, 2.45) is 11.8 Å². The normalized spacial score (nSPS) is 19.7. The van der Waals surface area contributed by atoms with Gasteiger partial charge in [0.1, 0.15) is 5.69 Å². The molecule has 0 bridgehead atoms. The van der Waals surface area contributed by atoms with Gasteiger partial charge in [0.05, 0.1) is 39.9 Å². The van der Waals surface area contributed by atoms with Crippen molar-refractivity contribution in [3.63, 3.8) is 0 Å². The fourth-order valence-electron chi connectivity index (χ4n) is 4.71. The van der Waals surface area contributed by atoms with Crippen molar-refractivity contribution in [2.75, 3.05) is 5.32 Å². The minimum Gasteiger partial charge on any atom is -0.487 e. The van der Waals surface area contributed by atoms with Crippen molar-refractivity contribution in [2.45, 2.75) is 70.4 Å². The second-order valence-corrected chi connectivity index (χ2v) is 11.2. The van der Waals surface area contributed by atoms with E-state index in [1.54, 1.807) is 6.20 Å². The Labute approximate surface area is 223 Å². The number of hydrogen-bond acceptors (Lipinski definition) is 10. The SMILES string of the molecule is N#CCc1nc(-c2sc(Cl)cc2CNc2noc(CC3CCC3)n2)ncc1O[C@H]1CCC[C@H](C(=O)O)C1. The third-order valence-corrected chi connectivity index (χ3v) is 8.22. The molecule has 2 fully saturated rings. The maximum atomic E-state index is 11.4. The average Bonchev–Trinajstić information content (AvgIpc) is 3.47. The molecule has 194 valence electrons. The minimum atomic E-state index is -0.803. The van der Waals surface area contributed by atoms with Crippen LogP contribution in [-0.4, -0.2) is 37.3 Å². The molecule has 2 atom stereocenters. The third kappa shape index (κ3) is 6.19. The van der Waals surface area contributed by atoms with E-state index in [-0.39, 0.29) is 12.5 Å². The van der Waals surface area contributed by atoms with Crippen LogP contribution in [0.15, 0.2) is 16.8 Å². The predicted octanol–water partition coefficient (Wildman–Crippen LogP) is 5.28. The Balaban J connectivity index is 1.30. The zero-order valence-electron chi connectivity index (χ0n) is 20.2. The summed E-state index contributed by atoms with van der Waals surface area (Å²) in [6.45, 7) is 0.398. The lowest BCUT2D eigenvalue weighted by atomic mass is 9.83. The second kappa shape index (κ2) is 11.4. The molecule has 10 nitrogen and oxygen atoms in total. The first-order valence-corrected chi connectivity index (χ1v) is 13.6. The molecule has 2 N–H and O–H groups in total. The van der Waals surface area contributed by atoms with Crippen LogP contribution >= 0.6 is 22.9 Å². The molecule has 2 aliphatic rings. The number of rotatable bonds is 10. The number of anilines is 1. The van der Waals surface area contributed by atoms with Gasteiger partial charge in [-0.1, -0.05) is 18.0 Å². The van der Waals surface area contributed by atoms with Gasteiger partial charge in [0, 0.05) is 13.0 Å². The van der Waals surface area contributed by atoms with Crippen LogP contribution in [0, 0.1) is 23.2 Å². The van der Waals surface area contributed by atoms with Crippen LogP contribution in [0.5, 0.6) is 5.75 Å². The summed E-state index contributed by atoms with van der Waals surface area (Å²) in [6, 6.07) is 3.97. The number of aliphatic carboxylic acids is 1. The lowest BCUT2D eigenvalue weighted by Gasteiger charge is -2.27. The smallest absolute Gasteiger partial charge is 0.306 e. The number of aromatic nitrogens is 4. The van der Waals surface area contributed by atoms with Crippen molar-refractivity contribution in [3.8, 4) is 22.5 Å². The van der Waals surface area contributed by atoms with E-state index in [4.69, 9.17) is 20.9 Å². The monoisotopic (exact) mass is 542 g/mol. The number of carbonyl (C=O) groups is 1. The number of ether oxygens (including phenoxy) is 1. The van der Waals surface area contributed by atoms with Crippen LogP contribution < -0.4 is 10.1 Å². The number of nitrogens with one attached hydrogen (secondary N) is 1. The van der Waals surface area contributed by atoms with Gasteiger partial charge in [0.2, 0.25) is 5.89 Å². The lowest BCUT2D eigenvalue weighted by molar-refractivity contribution is -0.143.